The molecule has 4 heterocycles. The fourth-order valence-corrected chi connectivity index (χ4v) is 4.28. The van der Waals surface area contributed by atoms with Crippen LogP contribution < -0.4 is 4.90 Å². The van der Waals surface area contributed by atoms with Crippen molar-refractivity contribution >= 4 is 40.5 Å². The summed E-state index contributed by atoms with van der Waals surface area (Å²) in [6, 6.07) is 15.0. The number of aryl methyl sites for hydroxylation is 1. The minimum atomic E-state index is -4.66. The summed E-state index contributed by atoms with van der Waals surface area (Å²) in [6.07, 6.45) is 1.03. The number of para-hydroxylation sites is 1. The van der Waals surface area contributed by atoms with Gasteiger partial charge in [0.05, 0.1) is 15.7 Å². The van der Waals surface area contributed by atoms with E-state index in [-0.39, 0.29) is 11.6 Å². The lowest BCUT2D eigenvalue weighted by molar-refractivity contribution is -0.146. The summed E-state index contributed by atoms with van der Waals surface area (Å²) in [5.74, 6) is 0.846. The molecule has 0 aliphatic carbocycles. The van der Waals surface area contributed by atoms with Gasteiger partial charge in [0.1, 0.15) is 29.1 Å². The Labute approximate surface area is 213 Å². The number of pyridine rings is 2. The lowest BCUT2D eigenvalue weighted by Gasteiger charge is -2.26. The highest BCUT2D eigenvalue weighted by atomic mass is 35.5. The molecule has 12 heteroatoms. The maximum atomic E-state index is 13.5. The molecule has 4 aromatic heterocycles. The zero-order valence-corrected chi connectivity index (χ0v) is 20.0. The molecule has 1 aromatic carbocycles. The Balaban J connectivity index is 1.70. The van der Waals surface area contributed by atoms with Crippen LogP contribution in [-0.4, -0.2) is 29.1 Å². The average Bonchev–Trinajstić information content (AvgIpc) is 3.51. The van der Waals surface area contributed by atoms with E-state index in [1.807, 2.05) is 6.92 Å². The van der Waals surface area contributed by atoms with Crippen LogP contribution in [0.3, 0.4) is 0 Å². The number of halogens is 5. The molecule has 0 atom stereocenters. The molecule has 0 N–H and O–H groups in total. The van der Waals surface area contributed by atoms with Crippen LogP contribution >= 0.6 is 23.2 Å². The molecule has 0 spiro atoms. The summed E-state index contributed by atoms with van der Waals surface area (Å²) in [5.41, 5.74) is 0.374. The van der Waals surface area contributed by atoms with Crippen LogP contribution in [0.5, 0.6) is 0 Å². The van der Waals surface area contributed by atoms with Crippen molar-refractivity contribution in [3.63, 3.8) is 0 Å². The van der Waals surface area contributed by atoms with Crippen LogP contribution in [-0.2, 0) is 6.18 Å². The molecule has 0 saturated heterocycles. The molecule has 5 aromatic rings. The Morgan fingerprint density at radius 2 is 1.28 bits per heavy atom. The fraction of sp³-hybridized carbons (Fsp3) is 0.0833. The monoisotopic (exact) mass is 529 g/mol. The van der Waals surface area contributed by atoms with Crippen LogP contribution in [0.2, 0.25) is 10.0 Å². The van der Waals surface area contributed by atoms with E-state index in [9.17, 15) is 13.2 Å². The number of aromatic nitrogens is 6. The van der Waals surface area contributed by atoms with Crippen molar-refractivity contribution < 1.29 is 13.2 Å². The maximum absolute atomic E-state index is 13.5. The molecule has 0 fully saturated rings. The van der Waals surface area contributed by atoms with E-state index >= 15 is 0 Å². The first-order chi connectivity index (χ1) is 17.2. The van der Waals surface area contributed by atoms with Gasteiger partial charge in [-0.3, -0.25) is 14.0 Å². The zero-order valence-electron chi connectivity index (χ0n) is 18.5. The largest absolute Gasteiger partial charge is 0.450 e. The standard InChI is InChI=1S/C24H16Cl2F3N7/c1-15-30-11-13-34(15)18-7-3-9-20(32-18)36(22-16(25)5-2-6-17(22)26)21-10-4-8-19(33-21)35-14-12-31-23(35)24(27,28)29/h2-14H,1H3. The van der Waals surface area contributed by atoms with Gasteiger partial charge in [0.2, 0.25) is 5.82 Å². The van der Waals surface area contributed by atoms with Gasteiger partial charge in [0.25, 0.3) is 0 Å². The van der Waals surface area contributed by atoms with Gasteiger partial charge in [0, 0.05) is 24.8 Å². The minimum Gasteiger partial charge on any atom is -0.288 e. The molecule has 0 bridgehead atoms. The van der Waals surface area contributed by atoms with Gasteiger partial charge >= 0.3 is 6.18 Å². The molecule has 0 saturated carbocycles. The molecule has 182 valence electrons. The fourth-order valence-electron chi connectivity index (χ4n) is 3.71. The van der Waals surface area contributed by atoms with Gasteiger partial charge in [-0.1, -0.05) is 41.4 Å². The first kappa shape index (κ1) is 23.8. The number of benzene rings is 1. The number of imidazole rings is 2. The van der Waals surface area contributed by atoms with E-state index in [1.165, 1.54) is 12.3 Å². The van der Waals surface area contributed by atoms with Crippen LogP contribution in [0, 0.1) is 6.92 Å². The Morgan fingerprint density at radius 3 is 1.83 bits per heavy atom. The third-order valence-corrected chi connectivity index (χ3v) is 5.88. The van der Waals surface area contributed by atoms with Crippen molar-refractivity contribution in [2.45, 2.75) is 13.1 Å². The smallest absolute Gasteiger partial charge is 0.288 e. The topological polar surface area (TPSA) is 64.7 Å². The second kappa shape index (κ2) is 9.29. The number of anilines is 3. The summed E-state index contributed by atoms with van der Waals surface area (Å²) in [5, 5.41) is 0.610. The number of nitrogens with zero attached hydrogens (tertiary/aromatic N) is 7. The second-order valence-corrected chi connectivity index (χ2v) is 8.39. The van der Waals surface area contributed by atoms with E-state index in [2.05, 4.69) is 15.0 Å². The number of alkyl halides is 3. The maximum Gasteiger partial charge on any atom is 0.450 e. The van der Waals surface area contributed by atoms with Gasteiger partial charge in [0.15, 0.2) is 0 Å². The minimum absolute atomic E-state index is 0.00658. The molecular formula is C24H16Cl2F3N7. The molecule has 0 aliphatic rings. The van der Waals surface area contributed by atoms with Crippen molar-refractivity contribution in [1.82, 2.24) is 29.1 Å². The van der Waals surface area contributed by atoms with Crippen LogP contribution in [0.1, 0.15) is 11.6 Å². The molecule has 0 aliphatic heterocycles. The Morgan fingerprint density at radius 1 is 0.750 bits per heavy atom. The lowest BCUT2D eigenvalue weighted by atomic mass is 10.2. The van der Waals surface area contributed by atoms with E-state index in [1.54, 1.807) is 70.4 Å². The summed E-state index contributed by atoms with van der Waals surface area (Å²) >= 11 is 13.1. The Hall–Kier alpha value is -3.89. The third-order valence-electron chi connectivity index (χ3n) is 5.27. The normalized spacial score (nSPS) is 11.6. The second-order valence-electron chi connectivity index (χ2n) is 7.58. The SMILES string of the molecule is Cc1nccn1-c1cccc(N(c2cccc(-n3ccnc3C(F)(F)F)n2)c2c(Cl)cccc2Cl)n1. The molecule has 0 amide bonds. The zero-order chi connectivity index (χ0) is 25.4. The first-order valence-corrected chi connectivity index (χ1v) is 11.3. The Bertz CT molecular complexity index is 1520. The van der Waals surface area contributed by atoms with Gasteiger partial charge in [-0.15, -0.1) is 0 Å². The van der Waals surface area contributed by atoms with Gasteiger partial charge < -0.3 is 0 Å². The first-order valence-electron chi connectivity index (χ1n) is 10.5. The van der Waals surface area contributed by atoms with Crippen molar-refractivity contribution in [2.75, 3.05) is 4.90 Å². The predicted molar refractivity (Wildman–Crippen MR) is 131 cm³/mol. The molecular weight excluding hydrogens is 514 g/mol. The summed E-state index contributed by atoms with van der Waals surface area (Å²) in [6.45, 7) is 1.84. The molecule has 36 heavy (non-hydrogen) atoms. The van der Waals surface area contributed by atoms with Crippen LogP contribution in [0.4, 0.5) is 30.5 Å². The van der Waals surface area contributed by atoms with Crippen LogP contribution in [0.25, 0.3) is 11.6 Å². The molecule has 5 rings (SSSR count). The van der Waals surface area contributed by atoms with Crippen LogP contribution in [0.15, 0.2) is 79.4 Å². The summed E-state index contributed by atoms with van der Waals surface area (Å²) in [4.78, 5) is 18.5. The van der Waals surface area contributed by atoms with Crippen molar-refractivity contribution in [3.05, 3.63) is 101 Å². The molecule has 7 nitrogen and oxygen atoms in total. The van der Waals surface area contributed by atoms with E-state index < -0.39 is 12.0 Å². The van der Waals surface area contributed by atoms with E-state index in [4.69, 9.17) is 28.2 Å². The summed E-state index contributed by atoms with van der Waals surface area (Å²) < 4.78 is 43.2. The quantitative estimate of drug-likeness (QED) is 0.246. The summed E-state index contributed by atoms with van der Waals surface area (Å²) in [7, 11) is 0. The number of hydrogen-bond donors (Lipinski definition) is 0. The highest BCUT2D eigenvalue weighted by Gasteiger charge is 2.36. The van der Waals surface area contributed by atoms with Gasteiger partial charge in [-0.2, -0.15) is 13.2 Å². The predicted octanol–water partition coefficient (Wildman–Crippen LogP) is 6.95. The van der Waals surface area contributed by atoms with Crippen molar-refractivity contribution in [3.8, 4) is 11.6 Å². The number of rotatable bonds is 5. The molecule has 0 unspecified atom stereocenters. The van der Waals surface area contributed by atoms with E-state index in [0.717, 1.165) is 16.6 Å². The number of hydrogen-bond acceptors (Lipinski definition) is 5. The van der Waals surface area contributed by atoms with Crippen molar-refractivity contribution in [1.29, 1.82) is 0 Å². The highest BCUT2D eigenvalue weighted by molar-refractivity contribution is 6.39. The van der Waals surface area contributed by atoms with E-state index in [0.29, 0.717) is 27.4 Å². The lowest BCUT2D eigenvalue weighted by Crippen LogP contribution is -2.17. The Kier molecular flexibility index (Phi) is 6.15. The average molecular weight is 530 g/mol. The third kappa shape index (κ3) is 4.40. The van der Waals surface area contributed by atoms with Gasteiger partial charge in [-0.05, 0) is 43.3 Å². The molecule has 0 radical (unpaired) electrons. The highest BCUT2D eigenvalue weighted by Crippen LogP contribution is 2.42. The van der Waals surface area contributed by atoms with Crippen molar-refractivity contribution in [2.24, 2.45) is 0 Å². The van der Waals surface area contributed by atoms with Gasteiger partial charge in [-0.25, -0.2) is 19.9 Å².